The molecule has 1 heterocycles. The van der Waals surface area contributed by atoms with E-state index in [1.807, 2.05) is 19.1 Å². The van der Waals surface area contributed by atoms with Crippen molar-refractivity contribution in [2.75, 3.05) is 5.32 Å². The van der Waals surface area contributed by atoms with E-state index in [1.54, 1.807) is 30.6 Å². The van der Waals surface area contributed by atoms with Crippen LogP contribution in [0, 0.1) is 6.92 Å². The molecule has 0 aliphatic heterocycles. The predicted molar refractivity (Wildman–Crippen MR) is 71.1 cm³/mol. The van der Waals surface area contributed by atoms with E-state index < -0.39 is 0 Å². The lowest BCUT2D eigenvalue weighted by Crippen LogP contribution is -2.12. The molecule has 0 bridgehead atoms. The summed E-state index contributed by atoms with van der Waals surface area (Å²) in [5, 5.41) is 2.82. The fourth-order valence-electron chi connectivity index (χ4n) is 1.38. The monoisotopic (exact) mass is 290 g/mol. The van der Waals surface area contributed by atoms with Gasteiger partial charge in [0.15, 0.2) is 0 Å². The molecule has 0 aliphatic carbocycles. The fourth-order valence-corrected chi connectivity index (χ4v) is 1.73. The normalized spacial score (nSPS) is 10.0. The van der Waals surface area contributed by atoms with E-state index in [9.17, 15) is 4.79 Å². The lowest BCUT2D eigenvalue weighted by molar-refractivity contribution is 0.102. The van der Waals surface area contributed by atoms with Gasteiger partial charge in [-0.3, -0.25) is 9.78 Å². The van der Waals surface area contributed by atoms with Crippen molar-refractivity contribution in [1.82, 2.24) is 4.98 Å². The average molecular weight is 291 g/mol. The maximum absolute atomic E-state index is 11.9. The Morgan fingerprint density at radius 3 is 2.59 bits per heavy atom. The Hall–Kier alpha value is -1.68. The zero-order valence-corrected chi connectivity index (χ0v) is 10.9. The van der Waals surface area contributed by atoms with Gasteiger partial charge in [0, 0.05) is 18.0 Å². The SMILES string of the molecule is Cc1ccc(C(=O)Nc2ccncc2Br)cc1. The molecule has 1 aromatic heterocycles. The second-order valence-electron chi connectivity index (χ2n) is 3.68. The van der Waals surface area contributed by atoms with Crippen molar-refractivity contribution in [3.05, 3.63) is 58.3 Å². The number of aryl methyl sites for hydroxylation is 1. The number of carbonyl (C=O) groups is 1. The molecule has 1 amide bonds. The van der Waals surface area contributed by atoms with Crippen LogP contribution in [0.5, 0.6) is 0 Å². The van der Waals surface area contributed by atoms with Gasteiger partial charge in [0.1, 0.15) is 0 Å². The summed E-state index contributed by atoms with van der Waals surface area (Å²) in [4.78, 5) is 15.9. The molecule has 0 radical (unpaired) electrons. The molecule has 0 unspecified atom stereocenters. The largest absolute Gasteiger partial charge is 0.321 e. The summed E-state index contributed by atoms with van der Waals surface area (Å²) < 4.78 is 0.764. The van der Waals surface area contributed by atoms with E-state index in [-0.39, 0.29) is 5.91 Å². The maximum Gasteiger partial charge on any atom is 0.255 e. The standard InChI is InChI=1S/C13H11BrN2O/c1-9-2-4-10(5-3-9)13(17)16-12-6-7-15-8-11(12)14/h2-8H,1H3,(H,15,16,17). The van der Waals surface area contributed by atoms with Crippen molar-refractivity contribution >= 4 is 27.5 Å². The van der Waals surface area contributed by atoms with Gasteiger partial charge >= 0.3 is 0 Å². The molecule has 86 valence electrons. The van der Waals surface area contributed by atoms with E-state index in [1.165, 1.54) is 0 Å². The maximum atomic E-state index is 11.9. The highest BCUT2D eigenvalue weighted by atomic mass is 79.9. The van der Waals surface area contributed by atoms with Gasteiger partial charge in [-0.2, -0.15) is 0 Å². The van der Waals surface area contributed by atoms with Gasteiger partial charge in [-0.25, -0.2) is 0 Å². The van der Waals surface area contributed by atoms with Crippen molar-refractivity contribution < 1.29 is 4.79 Å². The Labute approximate surface area is 108 Å². The van der Waals surface area contributed by atoms with Crippen molar-refractivity contribution in [2.45, 2.75) is 6.92 Å². The Morgan fingerprint density at radius 1 is 1.24 bits per heavy atom. The van der Waals surface area contributed by atoms with Crippen molar-refractivity contribution in [3.8, 4) is 0 Å². The van der Waals surface area contributed by atoms with Crippen LogP contribution in [-0.2, 0) is 0 Å². The van der Waals surface area contributed by atoms with Gasteiger partial charge in [-0.1, -0.05) is 17.7 Å². The van der Waals surface area contributed by atoms with Gasteiger partial charge in [0.05, 0.1) is 10.2 Å². The Bertz CT molecular complexity index is 537. The summed E-state index contributed by atoms with van der Waals surface area (Å²) >= 11 is 3.33. The van der Waals surface area contributed by atoms with E-state index in [0.29, 0.717) is 11.3 Å². The number of hydrogen-bond acceptors (Lipinski definition) is 2. The smallest absolute Gasteiger partial charge is 0.255 e. The van der Waals surface area contributed by atoms with Gasteiger partial charge in [0.2, 0.25) is 0 Å². The van der Waals surface area contributed by atoms with Crippen LogP contribution >= 0.6 is 15.9 Å². The molecular weight excluding hydrogens is 280 g/mol. The summed E-state index contributed by atoms with van der Waals surface area (Å²) in [6.45, 7) is 1.99. The minimum atomic E-state index is -0.128. The number of aromatic nitrogens is 1. The van der Waals surface area contributed by atoms with Gasteiger partial charge in [0.25, 0.3) is 5.91 Å². The molecule has 0 aliphatic rings. The quantitative estimate of drug-likeness (QED) is 0.921. The van der Waals surface area contributed by atoms with Crippen molar-refractivity contribution in [2.24, 2.45) is 0 Å². The first-order valence-corrected chi connectivity index (χ1v) is 5.93. The molecule has 0 fully saturated rings. The minimum Gasteiger partial charge on any atom is -0.321 e. The Balaban J connectivity index is 2.17. The highest BCUT2D eigenvalue weighted by Gasteiger charge is 2.07. The van der Waals surface area contributed by atoms with Crippen LogP contribution in [0.15, 0.2) is 47.2 Å². The number of pyridine rings is 1. The van der Waals surface area contributed by atoms with Crippen LogP contribution in [-0.4, -0.2) is 10.9 Å². The van der Waals surface area contributed by atoms with Gasteiger partial charge < -0.3 is 5.32 Å². The van der Waals surface area contributed by atoms with Crippen molar-refractivity contribution in [1.29, 1.82) is 0 Å². The number of halogens is 1. The fraction of sp³-hybridized carbons (Fsp3) is 0.0769. The zero-order valence-electron chi connectivity index (χ0n) is 9.27. The van der Waals surface area contributed by atoms with Crippen LogP contribution in [0.1, 0.15) is 15.9 Å². The number of nitrogens with one attached hydrogen (secondary N) is 1. The summed E-state index contributed by atoms with van der Waals surface area (Å²) in [5.74, 6) is -0.128. The molecule has 1 aromatic carbocycles. The predicted octanol–water partition coefficient (Wildman–Crippen LogP) is 3.40. The van der Waals surface area contributed by atoms with E-state index in [2.05, 4.69) is 26.2 Å². The third-order valence-corrected chi connectivity index (χ3v) is 2.97. The highest BCUT2D eigenvalue weighted by molar-refractivity contribution is 9.10. The molecule has 17 heavy (non-hydrogen) atoms. The van der Waals surface area contributed by atoms with E-state index in [0.717, 1.165) is 10.0 Å². The molecule has 0 atom stereocenters. The average Bonchev–Trinajstić information content (AvgIpc) is 2.33. The topological polar surface area (TPSA) is 42.0 Å². The number of hydrogen-bond donors (Lipinski definition) is 1. The lowest BCUT2D eigenvalue weighted by atomic mass is 10.1. The number of anilines is 1. The number of carbonyl (C=O) groups excluding carboxylic acids is 1. The first-order valence-electron chi connectivity index (χ1n) is 5.14. The van der Waals surface area contributed by atoms with Gasteiger partial charge in [-0.15, -0.1) is 0 Å². The number of benzene rings is 1. The van der Waals surface area contributed by atoms with Crippen LogP contribution < -0.4 is 5.32 Å². The second kappa shape index (κ2) is 5.10. The number of rotatable bonds is 2. The number of nitrogens with zero attached hydrogens (tertiary/aromatic N) is 1. The van der Waals surface area contributed by atoms with E-state index in [4.69, 9.17) is 0 Å². The molecule has 4 heteroatoms. The molecule has 0 saturated heterocycles. The molecule has 0 saturated carbocycles. The third-order valence-electron chi connectivity index (χ3n) is 2.33. The summed E-state index contributed by atoms with van der Waals surface area (Å²) in [7, 11) is 0. The molecule has 2 rings (SSSR count). The molecule has 3 nitrogen and oxygen atoms in total. The van der Waals surface area contributed by atoms with Crippen LogP contribution in [0.4, 0.5) is 5.69 Å². The molecule has 2 aromatic rings. The first kappa shape index (κ1) is 11.8. The molecule has 1 N–H and O–H groups in total. The van der Waals surface area contributed by atoms with Crippen LogP contribution in [0.2, 0.25) is 0 Å². The van der Waals surface area contributed by atoms with Crippen LogP contribution in [0.25, 0.3) is 0 Å². The first-order chi connectivity index (χ1) is 8.16. The summed E-state index contributed by atoms with van der Waals surface area (Å²) in [6.07, 6.45) is 3.28. The van der Waals surface area contributed by atoms with Crippen LogP contribution in [0.3, 0.4) is 0 Å². The Morgan fingerprint density at radius 2 is 1.94 bits per heavy atom. The molecular formula is C13H11BrN2O. The third kappa shape index (κ3) is 2.91. The minimum absolute atomic E-state index is 0.128. The molecule has 0 spiro atoms. The van der Waals surface area contributed by atoms with Gasteiger partial charge in [-0.05, 0) is 41.1 Å². The lowest BCUT2D eigenvalue weighted by Gasteiger charge is -2.06. The number of amides is 1. The Kier molecular flexibility index (Phi) is 3.54. The second-order valence-corrected chi connectivity index (χ2v) is 4.53. The van der Waals surface area contributed by atoms with E-state index >= 15 is 0 Å². The highest BCUT2D eigenvalue weighted by Crippen LogP contribution is 2.20. The van der Waals surface area contributed by atoms with Crippen molar-refractivity contribution in [3.63, 3.8) is 0 Å². The zero-order chi connectivity index (χ0) is 12.3. The summed E-state index contributed by atoms with van der Waals surface area (Å²) in [5.41, 5.74) is 2.48. The summed E-state index contributed by atoms with van der Waals surface area (Å²) in [6, 6.07) is 9.18.